The van der Waals surface area contributed by atoms with Crippen LogP contribution in [0, 0.1) is 0 Å². The van der Waals surface area contributed by atoms with Crippen molar-refractivity contribution in [3.8, 4) is 5.75 Å². The molecule has 1 heterocycles. The summed E-state index contributed by atoms with van der Waals surface area (Å²) in [6.45, 7) is 6.26. The first kappa shape index (κ1) is 16.5. The Morgan fingerprint density at radius 1 is 1.45 bits per heavy atom. The van der Waals surface area contributed by atoms with Gasteiger partial charge in [0.2, 0.25) is 0 Å². The van der Waals surface area contributed by atoms with Gasteiger partial charge in [-0.3, -0.25) is 4.79 Å². The lowest BCUT2D eigenvalue weighted by Gasteiger charge is -2.16. The fourth-order valence-corrected chi connectivity index (χ4v) is 2.05. The minimum atomic E-state index is -0.605. The second-order valence-electron chi connectivity index (χ2n) is 5.52. The van der Waals surface area contributed by atoms with E-state index in [4.69, 9.17) is 9.15 Å². The number of para-hydroxylation sites is 1. The minimum absolute atomic E-state index is 0.125. The number of carbonyl (C=O) groups excluding carboxylic acids is 1. The van der Waals surface area contributed by atoms with Gasteiger partial charge in [-0.15, -0.1) is 0 Å². The Bertz CT molecular complexity index is 635. The number of aliphatic hydroxyl groups excluding tert-OH is 1. The summed E-state index contributed by atoms with van der Waals surface area (Å²) >= 11 is 0. The average molecular weight is 305 g/mol. The highest BCUT2D eigenvalue weighted by Gasteiger charge is 2.13. The Kier molecular flexibility index (Phi) is 5.57. The third-order valence-corrected chi connectivity index (χ3v) is 3.60. The van der Waals surface area contributed by atoms with Crippen molar-refractivity contribution < 1.29 is 19.1 Å². The van der Waals surface area contributed by atoms with E-state index in [-0.39, 0.29) is 12.4 Å². The van der Waals surface area contributed by atoms with E-state index >= 15 is 0 Å². The van der Waals surface area contributed by atoms with E-state index in [0.29, 0.717) is 29.7 Å². The molecule has 0 radical (unpaired) electrons. The number of nitrogens with one attached hydrogen (secondary N) is 1. The van der Waals surface area contributed by atoms with Gasteiger partial charge in [0.25, 0.3) is 0 Å². The van der Waals surface area contributed by atoms with Crippen molar-refractivity contribution in [2.45, 2.75) is 39.3 Å². The molecular weight excluding hydrogens is 282 g/mol. The van der Waals surface area contributed by atoms with Crippen LogP contribution in [0.4, 0.5) is 0 Å². The second kappa shape index (κ2) is 7.42. The van der Waals surface area contributed by atoms with Crippen LogP contribution in [0.2, 0.25) is 0 Å². The van der Waals surface area contributed by atoms with Gasteiger partial charge in [-0.25, -0.2) is 0 Å². The minimum Gasteiger partial charge on any atom is -0.487 e. The molecule has 2 rings (SSSR count). The van der Waals surface area contributed by atoms with Crippen LogP contribution < -0.4 is 10.1 Å². The summed E-state index contributed by atoms with van der Waals surface area (Å²) in [7, 11) is 0. The van der Waals surface area contributed by atoms with Crippen LogP contribution >= 0.6 is 0 Å². The van der Waals surface area contributed by atoms with Crippen molar-refractivity contribution in [2.75, 3.05) is 13.2 Å². The number of aliphatic hydroxyl groups is 1. The van der Waals surface area contributed by atoms with Crippen molar-refractivity contribution in [1.82, 2.24) is 5.32 Å². The van der Waals surface area contributed by atoms with Gasteiger partial charge >= 0.3 is 0 Å². The van der Waals surface area contributed by atoms with Crippen LogP contribution in [-0.4, -0.2) is 36.2 Å². The van der Waals surface area contributed by atoms with Gasteiger partial charge in [0.05, 0.1) is 0 Å². The van der Waals surface area contributed by atoms with E-state index in [1.54, 1.807) is 12.1 Å². The number of furan rings is 1. The van der Waals surface area contributed by atoms with Gasteiger partial charge in [-0.05, 0) is 25.5 Å². The number of hydrogen-bond acceptors (Lipinski definition) is 5. The quantitative estimate of drug-likeness (QED) is 0.734. The first-order valence-corrected chi connectivity index (χ1v) is 7.59. The summed E-state index contributed by atoms with van der Waals surface area (Å²) in [6.07, 6.45) is 0.402. The topological polar surface area (TPSA) is 71.7 Å². The van der Waals surface area contributed by atoms with Gasteiger partial charge in [-0.1, -0.05) is 19.1 Å². The lowest BCUT2D eigenvalue weighted by atomic mass is 10.2. The van der Waals surface area contributed by atoms with Crippen LogP contribution in [0.25, 0.3) is 11.0 Å². The number of benzene rings is 1. The number of Topliss-reactive ketones (excluding diaryl/α,β-unsaturated/α-hetero) is 1. The third-order valence-electron chi connectivity index (χ3n) is 3.60. The van der Waals surface area contributed by atoms with E-state index in [1.807, 2.05) is 12.1 Å². The highest BCUT2D eigenvalue weighted by atomic mass is 16.5. The molecule has 0 aliphatic heterocycles. The molecule has 0 aliphatic rings. The first-order chi connectivity index (χ1) is 10.5. The van der Waals surface area contributed by atoms with Gasteiger partial charge < -0.3 is 19.6 Å². The predicted molar refractivity (Wildman–Crippen MR) is 85.5 cm³/mol. The van der Waals surface area contributed by atoms with Crippen molar-refractivity contribution >= 4 is 16.8 Å². The lowest BCUT2D eigenvalue weighted by Crippen LogP contribution is -2.36. The maximum absolute atomic E-state index is 11.4. The van der Waals surface area contributed by atoms with E-state index in [9.17, 15) is 9.90 Å². The molecule has 0 saturated carbocycles. The molecule has 0 saturated heterocycles. The Balaban J connectivity index is 2.00. The van der Waals surface area contributed by atoms with E-state index in [0.717, 1.165) is 11.8 Å². The first-order valence-electron chi connectivity index (χ1n) is 7.59. The molecule has 1 aromatic carbocycles. The Morgan fingerprint density at radius 2 is 2.23 bits per heavy atom. The maximum Gasteiger partial charge on any atom is 0.194 e. The van der Waals surface area contributed by atoms with Gasteiger partial charge in [0.1, 0.15) is 12.7 Å². The fraction of sp³-hybridized carbons (Fsp3) is 0.471. The summed E-state index contributed by atoms with van der Waals surface area (Å²) in [5, 5.41) is 14.0. The second-order valence-corrected chi connectivity index (χ2v) is 5.52. The molecule has 0 spiro atoms. The molecule has 0 amide bonds. The Morgan fingerprint density at radius 3 is 2.91 bits per heavy atom. The summed E-state index contributed by atoms with van der Waals surface area (Å²) in [5.74, 6) is 0.720. The van der Waals surface area contributed by atoms with Crippen molar-refractivity contribution in [1.29, 1.82) is 0 Å². The normalized spacial score (nSPS) is 14.0. The van der Waals surface area contributed by atoms with Crippen LogP contribution in [-0.2, 0) is 0 Å². The SMILES string of the molecule is CC[C@H](C)NC[C@H](O)COc1cccc2cc(C(C)=O)oc12. The number of hydrogen-bond donors (Lipinski definition) is 2. The molecule has 5 heteroatoms. The largest absolute Gasteiger partial charge is 0.487 e. The number of fused-ring (bicyclic) bond motifs is 1. The van der Waals surface area contributed by atoms with Crippen molar-refractivity contribution in [3.63, 3.8) is 0 Å². The molecule has 0 bridgehead atoms. The van der Waals surface area contributed by atoms with E-state index in [2.05, 4.69) is 19.2 Å². The van der Waals surface area contributed by atoms with Gasteiger partial charge in [0, 0.05) is 24.9 Å². The summed E-state index contributed by atoms with van der Waals surface area (Å²) in [4.78, 5) is 11.4. The molecule has 120 valence electrons. The van der Waals surface area contributed by atoms with Crippen molar-refractivity contribution in [2.24, 2.45) is 0 Å². The zero-order chi connectivity index (χ0) is 16.1. The monoisotopic (exact) mass is 305 g/mol. The van der Waals surface area contributed by atoms with Crippen LogP contribution in [0.15, 0.2) is 28.7 Å². The predicted octanol–water partition coefficient (Wildman–Crippen LogP) is 2.76. The third kappa shape index (κ3) is 4.08. The van der Waals surface area contributed by atoms with Crippen LogP contribution in [0.3, 0.4) is 0 Å². The number of ketones is 1. The molecule has 0 aliphatic carbocycles. The van der Waals surface area contributed by atoms with Crippen LogP contribution in [0.5, 0.6) is 5.75 Å². The summed E-state index contributed by atoms with van der Waals surface area (Å²) in [5.41, 5.74) is 0.537. The molecular formula is C17H23NO4. The van der Waals surface area contributed by atoms with E-state index in [1.165, 1.54) is 6.92 Å². The van der Waals surface area contributed by atoms with Crippen molar-refractivity contribution in [3.05, 3.63) is 30.0 Å². The molecule has 2 atom stereocenters. The highest BCUT2D eigenvalue weighted by molar-refractivity contribution is 5.97. The zero-order valence-electron chi connectivity index (χ0n) is 13.3. The average Bonchev–Trinajstić information content (AvgIpc) is 2.95. The highest BCUT2D eigenvalue weighted by Crippen LogP contribution is 2.29. The summed E-state index contributed by atoms with van der Waals surface area (Å²) in [6, 6.07) is 7.52. The molecule has 2 aromatic rings. The van der Waals surface area contributed by atoms with Crippen LogP contribution in [0.1, 0.15) is 37.7 Å². The fourth-order valence-electron chi connectivity index (χ4n) is 2.05. The molecule has 22 heavy (non-hydrogen) atoms. The number of ether oxygens (including phenoxy) is 1. The zero-order valence-corrected chi connectivity index (χ0v) is 13.3. The Labute approximate surface area is 130 Å². The molecule has 0 unspecified atom stereocenters. The molecule has 0 fully saturated rings. The molecule has 1 aromatic heterocycles. The molecule has 2 N–H and O–H groups in total. The lowest BCUT2D eigenvalue weighted by molar-refractivity contribution is 0.0984. The Hall–Kier alpha value is -1.85. The number of rotatable bonds is 8. The van der Waals surface area contributed by atoms with Gasteiger partial charge in [-0.2, -0.15) is 0 Å². The number of carbonyl (C=O) groups is 1. The van der Waals surface area contributed by atoms with E-state index < -0.39 is 6.10 Å². The standard InChI is InChI=1S/C17H23NO4/c1-4-11(2)18-9-14(20)10-21-15-7-5-6-13-8-16(12(3)19)22-17(13)15/h5-8,11,14,18,20H,4,9-10H2,1-3H3/t11-,14-/m0/s1. The van der Waals surface area contributed by atoms with Gasteiger partial charge in [0.15, 0.2) is 22.9 Å². The molecule has 5 nitrogen and oxygen atoms in total. The smallest absolute Gasteiger partial charge is 0.194 e. The maximum atomic E-state index is 11.4. The summed E-state index contributed by atoms with van der Waals surface area (Å²) < 4.78 is 11.2.